The van der Waals surface area contributed by atoms with Crippen LogP contribution in [-0.2, 0) is 4.74 Å². The van der Waals surface area contributed by atoms with Crippen LogP contribution in [0.25, 0.3) is 11.1 Å². The van der Waals surface area contributed by atoms with Gasteiger partial charge >= 0.3 is 6.09 Å². The predicted octanol–water partition coefficient (Wildman–Crippen LogP) is 4.42. The van der Waals surface area contributed by atoms with Crippen LogP contribution in [0.1, 0.15) is 20.8 Å². The number of carbonyl (C=O) groups is 1. The van der Waals surface area contributed by atoms with Gasteiger partial charge in [0.2, 0.25) is 5.95 Å². The molecule has 2 heterocycles. The fraction of sp³-hybridized carbons (Fsp3) is 0.267. The molecule has 0 radical (unpaired) electrons. The summed E-state index contributed by atoms with van der Waals surface area (Å²) in [5.41, 5.74) is -0.736. The number of aromatic nitrogens is 2. The molecule has 122 valence electrons. The Morgan fingerprint density at radius 2 is 1.96 bits per heavy atom. The highest BCUT2D eigenvalue weighted by Gasteiger charge is 2.21. The molecule has 2 aromatic rings. The van der Waals surface area contributed by atoms with E-state index >= 15 is 0 Å². The van der Waals surface area contributed by atoms with Crippen molar-refractivity contribution in [2.45, 2.75) is 26.4 Å². The monoisotopic (exact) mass is 341 g/mol. The van der Waals surface area contributed by atoms with E-state index in [0.29, 0.717) is 0 Å². The van der Waals surface area contributed by atoms with Crippen LogP contribution in [0.5, 0.6) is 0 Å². The highest BCUT2D eigenvalue weighted by Crippen LogP contribution is 2.34. The molecule has 0 aromatic carbocycles. The zero-order valence-corrected chi connectivity index (χ0v) is 13.4. The van der Waals surface area contributed by atoms with E-state index in [1.54, 1.807) is 20.8 Å². The molecule has 8 heteroatoms. The van der Waals surface area contributed by atoms with Crippen molar-refractivity contribution < 1.29 is 18.3 Å². The van der Waals surface area contributed by atoms with Crippen molar-refractivity contribution in [3.8, 4) is 11.1 Å². The number of pyridine rings is 2. The highest BCUT2D eigenvalue weighted by atomic mass is 35.5. The van der Waals surface area contributed by atoms with Crippen molar-refractivity contribution >= 4 is 23.4 Å². The van der Waals surface area contributed by atoms with E-state index in [1.165, 1.54) is 12.3 Å². The molecular formula is C15H14ClF2N3O2. The van der Waals surface area contributed by atoms with Gasteiger partial charge < -0.3 is 4.74 Å². The van der Waals surface area contributed by atoms with Gasteiger partial charge in [-0.1, -0.05) is 11.6 Å². The van der Waals surface area contributed by atoms with Gasteiger partial charge in [-0.3, -0.25) is 5.32 Å². The lowest BCUT2D eigenvalue weighted by Gasteiger charge is -2.20. The minimum Gasteiger partial charge on any atom is -0.444 e. The topological polar surface area (TPSA) is 64.1 Å². The van der Waals surface area contributed by atoms with Crippen LogP contribution in [0.3, 0.4) is 0 Å². The third-order valence-electron chi connectivity index (χ3n) is 2.63. The summed E-state index contributed by atoms with van der Waals surface area (Å²) in [5, 5.41) is 2.32. The molecule has 2 rings (SSSR count). The number of ether oxygens (including phenoxy) is 1. The second-order valence-electron chi connectivity index (χ2n) is 5.64. The van der Waals surface area contributed by atoms with Crippen molar-refractivity contribution in [2.24, 2.45) is 0 Å². The average Bonchev–Trinajstić information content (AvgIpc) is 2.42. The van der Waals surface area contributed by atoms with E-state index in [0.717, 1.165) is 12.3 Å². The molecule has 1 N–H and O–H groups in total. The van der Waals surface area contributed by atoms with Crippen LogP contribution in [-0.4, -0.2) is 21.7 Å². The molecule has 23 heavy (non-hydrogen) atoms. The second kappa shape index (κ2) is 6.45. The molecule has 0 fully saturated rings. The second-order valence-corrected chi connectivity index (χ2v) is 6.00. The summed E-state index contributed by atoms with van der Waals surface area (Å²) in [6.07, 6.45) is 1.27. The van der Waals surface area contributed by atoms with E-state index < -0.39 is 23.5 Å². The van der Waals surface area contributed by atoms with Crippen LogP contribution >= 0.6 is 11.6 Å². The zero-order valence-electron chi connectivity index (χ0n) is 12.7. The lowest BCUT2D eigenvalue weighted by Crippen LogP contribution is -2.27. The van der Waals surface area contributed by atoms with Crippen LogP contribution < -0.4 is 5.32 Å². The Labute approximate surface area is 136 Å². The molecule has 0 atom stereocenters. The van der Waals surface area contributed by atoms with Gasteiger partial charge in [0.15, 0.2) is 5.15 Å². The Kier molecular flexibility index (Phi) is 4.79. The van der Waals surface area contributed by atoms with Crippen molar-refractivity contribution in [3.63, 3.8) is 0 Å². The molecule has 0 spiro atoms. The number of hydrogen-bond donors (Lipinski definition) is 1. The first-order valence-corrected chi connectivity index (χ1v) is 7.01. The minimum absolute atomic E-state index is 0.00900. The van der Waals surface area contributed by atoms with Gasteiger partial charge in [-0.25, -0.2) is 19.2 Å². The molecule has 0 aliphatic heterocycles. The van der Waals surface area contributed by atoms with Gasteiger partial charge in [0.25, 0.3) is 0 Å². The van der Waals surface area contributed by atoms with E-state index in [1.807, 2.05) is 0 Å². The van der Waals surface area contributed by atoms with E-state index in [9.17, 15) is 13.6 Å². The largest absolute Gasteiger partial charge is 0.444 e. The third kappa shape index (κ3) is 4.35. The SMILES string of the molecule is CC(C)(C)OC(=O)Nc1c(-c2cc(F)cnc2F)ccnc1Cl. The summed E-state index contributed by atoms with van der Waals surface area (Å²) in [5.74, 6) is -1.63. The number of anilines is 1. The summed E-state index contributed by atoms with van der Waals surface area (Å²) in [7, 11) is 0. The quantitative estimate of drug-likeness (QED) is 0.821. The van der Waals surface area contributed by atoms with E-state index in [-0.39, 0.29) is 22.0 Å². The Hall–Kier alpha value is -2.28. The maximum Gasteiger partial charge on any atom is 0.412 e. The van der Waals surface area contributed by atoms with Gasteiger partial charge in [-0.05, 0) is 32.9 Å². The van der Waals surface area contributed by atoms with Crippen LogP contribution in [0.4, 0.5) is 19.3 Å². The van der Waals surface area contributed by atoms with Crippen molar-refractivity contribution in [2.75, 3.05) is 5.32 Å². The number of nitrogens with zero attached hydrogens (tertiary/aromatic N) is 2. The lowest BCUT2D eigenvalue weighted by atomic mass is 10.1. The average molecular weight is 342 g/mol. The molecule has 0 saturated carbocycles. The molecule has 0 bridgehead atoms. The first-order valence-electron chi connectivity index (χ1n) is 6.63. The highest BCUT2D eigenvalue weighted by molar-refractivity contribution is 6.33. The maximum atomic E-state index is 13.9. The van der Waals surface area contributed by atoms with Crippen LogP contribution in [0.15, 0.2) is 24.5 Å². The maximum absolute atomic E-state index is 13.9. The number of rotatable bonds is 2. The summed E-state index contributed by atoms with van der Waals surface area (Å²) < 4.78 is 32.4. The molecule has 0 aliphatic carbocycles. The van der Waals surface area contributed by atoms with Crippen LogP contribution in [0.2, 0.25) is 5.15 Å². The molecule has 1 amide bonds. The number of hydrogen-bond acceptors (Lipinski definition) is 4. The van der Waals surface area contributed by atoms with Gasteiger partial charge in [0, 0.05) is 17.3 Å². The number of carbonyl (C=O) groups excluding carboxylic acids is 1. The van der Waals surface area contributed by atoms with E-state index in [2.05, 4.69) is 15.3 Å². The van der Waals surface area contributed by atoms with Gasteiger partial charge in [-0.2, -0.15) is 4.39 Å². The first kappa shape index (κ1) is 17.1. The zero-order chi connectivity index (χ0) is 17.2. The summed E-state index contributed by atoms with van der Waals surface area (Å²) >= 11 is 5.97. The van der Waals surface area contributed by atoms with Crippen LogP contribution in [0, 0.1) is 11.8 Å². The Morgan fingerprint density at radius 1 is 1.26 bits per heavy atom. The molecule has 0 aliphatic rings. The predicted molar refractivity (Wildman–Crippen MR) is 82.3 cm³/mol. The standard InChI is InChI=1S/C15H14ClF2N3O2/c1-15(2,3)23-14(22)21-11-9(4-5-19-12(11)16)10-6-8(17)7-20-13(10)18/h4-7H,1-3H3,(H,21,22). The van der Waals surface area contributed by atoms with Crippen molar-refractivity contribution in [1.29, 1.82) is 0 Å². The summed E-state index contributed by atoms with van der Waals surface area (Å²) in [4.78, 5) is 19.1. The van der Waals surface area contributed by atoms with Crippen molar-refractivity contribution in [1.82, 2.24) is 9.97 Å². The minimum atomic E-state index is -0.902. The first-order chi connectivity index (χ1) is 10.7. The fourth-order valence-electron chi connectivity index (χ4n) is 1.80. The number of halogens is 3. The molecule has 0 saturated heterocycles. The molecule has 2 aromatic heterocycles. The Morgan fingerprint density at radius 3 is 2.61 bits per heavy atom. The van der Waals surface area contributed by atoms with Gasteiger partial charge in [-0.15, -0.1) is 0 Å². The molecule has 5 nitrogen and oxygen atoms in total. The number of amides is 1. The third-order valence-corrected chi connectivity index (χ3v) is 2.91. The summed E-state index contributed by atoms with van der Waals surface area (Å²) in [6, 6.07) is 2.34. The molecule has 0 unspecified atom stereocenters. The van der Waals surface area contributed by atoms with Crippen molar-refractivity contribution in [3.05, 3.63) is 41.4 Å². The lowest BCUT2D eigenvalue weighted by molar-refractivity contribution is 0.0636. The van der Waals surface area contributed by atoms with Gasteiger partial charge in [0.05, 0.1) is 11.9 Å². The smallest absolute Gasteiger partial charge is 0.412 e. The Balaban J connectivity index is 2.45. The normalized spacial score (nSPS) is 11.2. The number of nitrogens with one attached hydrogen (secondary N) is 1. The van der Waals surface area contributed by atoms with Gasteiger partial charge in [0.1, 0.15) is 11.4 Å². The molecular weight excluding hydrogens is 328 g/mol. The summed E-state index contributed by atoms with van der Waals surface area (Å²) in [6.45, 7) is 5.07. The fourth-order valence-corrected chi connectivity index (χ4v) is 2.00. The Bertz CT molecular complexity index is 748. The van der Waals surface area contributed by atoms with E-state index in [4.69, 9.17) is 16.3 Å².